The fourth-order valence-electron chi connectivity index (χ4n) is 2.23. The van der Waals surface area contributed by atoms with Crippen molar-refractivity contribution >= 4 is 27.7 Å². The molecular weight excluding hydrogens is 427 g/mol. The number of amides is 1. The highest BCUT2D eigenvalue weighted by molar-refractivity contribution is 9.10. The third-order valence-corrected chi connectivity index (χ3v) is 4.21. The number of anilines is 1. The second-order valence-electron chi connectivity index (χ2n) is 5.81. The van der Waals surface area contributed by atoms with E-state index in [1.54, 1.807) is 13.0 Å². The fraction of sp³-hybridized carbons (Fsp3) is 0.333. The Morgan fingerprint density at radius 2 is 2.04 bits per heavy atom. The minimum absolute atomic E-state index is 0.0901. The zero-order chi connectivity index (χ0) is 20.0. The summed E-state index contributed by atoms with van der Waals surface area (Å²) in [6, 6.07) is 7.65. The van der Waals surface area contributed by atoms with E-state index in [0.29, 0.717) is 5.75 Å². The number of halogens is 4. The van der Waals surface area contributed by atoms with Crippen molar-refractivity contribution in [2.75, 3.05) is 18.4 Å². The second kappa shape index (κ2) is 9.07. The molecule has 2 aromatic rings. The van der Waals surface area contributed by atoms with E-state index in [-0.39, 0.29) is 24.8 Å². The van der Waals surface area contributed by atoms with Gasteiger partial charge in [-0.05, 0) is 59.6 Å². The van der Waals surface area contributed by atoms with Crippen molar-refractivity contribution in [1.29, 1.82) is 0 Å². The van der Waals surface area contributed by atoms with Crippen molar-refractivity contribution in [2.45, 2.75) is 26.1 Å². The maximum Gasteiger partial charge on any atom is 0.419 e. The third kappa shape index (κ3) is 6.13. The van der Waals surface area contributed by atoms with Gasteiger partial charge in [0.1, 0.15) is 11.6 Å². The number of benzene rings is 1. The van der Waals surface area contributed by atoms with E-state index in [4.69, 9.17) is 4.74 Å². The molecule has 0 aliphatic heterocycles. The topological polar surface area (TPSA) is 63.2 Å². The van der Waals surface area contributed by atoms with E-state index in [1.165, 1.54) is 12.3 Å². The van der Waals surface area contributed by atoms with E-state index in [0.717, 1.165) is 16.1 Å². The summed E-state index contributed by atoms with van der Waals surface area (Å²) >= 11 is 3.37. The van der Waals surface area contributed by atoms with Gasteiger partial charge in [0.05, 0.1) is 10.0 Å². The Bertz CT molecular complexity index is 800. The number of ether oxygens (including phenoxy) is 1. The fourth-order valence-corrected chi connectivity index (χ4v) is 2.82. The summed E-state index contributed by atoms with van der Waals surface area (Å²) in [6.45, 7) is 3.74. The first-order valence-electron chi connectivity index (χ1n) is 8.15. The molecule has 9 heteroatoms. The van der Waals surface area contributed by atoms with Crippen LogP contribution in [-0.4, -0.2) is 30.1 Å². The minimum Gasteiger partial charge on any atom is -0.480 e. The van der Waals surface area contributed by atoms with E-state index >= 15 is 0 Å². The van der Waals surface area contributed by atoms with Gasteiger partial charge in [-0.15, -0.1) is 0 Å². The number of aryl methyl sites for hydroxylation is 1. The molecule has 0 bridgehead atoms. The number of nitrogens with zero attached hydrogens (tertiary/aromatic N) is 1. The Morgan fingerprint density at radius 1 is 1.30 bits per heavy atom. The standard InChI is InChI=1S/C18H19BrF3N3O2/c1-11-5-6-15(14(19)10-11)27-12(2)17(26)25-9-8-24-16-13(18(20,21)22)4-3-7-23-16/h3-7,10,12H,8-9H2,1-2H3,(H,23,24)(H,25,26). The predicted octanol–water partition coefficient (Wildman–Crippen LogP) is 4.17. The van der Waals surface area contributed by atoms with Crippen LogP contribution in [0, 0.1) is 6.92 Å². The first-order chi connectivity index (χ1) is 12.7. The maximum atomic E-state index is 12.9. The summed E-state index contributed by atoms with van der Waals surface area (Å²) in [7, 11) is 0. The number of hydrogen-bond acceptors (Lipinski definition) is 4. The molecule has 2 rings (SSSR count). The quantitative estimate of drug-likeness (QED) is 0.627. The first-order valence-corrected chi connectivity index (χ1v) is 8.94. The molecular formula is C18H19BrF3N3O2. The zero-order valence-electron chi connectivity index (χ0n) is 14.7. The van der Waals surface area contributed by atoms with Crippen LogP contribution in [-0.2, 0) is 11.0 Å². The molecule has 5 nitrogen and oxygen atoms in total. The molecule has 0 spiro atoms. The number of carbonyl (C=O) groups excluding carboxylic acids is 1. The van der Waals surface area contributed by atoms with Gasteiger partial charge in [0.25, 0.3) is 5.91 Å². The minimum atomic E-state index is -4.50. The molecule has 0 saturated heterocycles. The summed E-state index contributed by atoms with van der Waals surface area (Å²) in [5, 5.41) is 5.20. The molecule has 1 aromatic heterocycles. The molecule has 1 heterocycles. The highest BCUT2D eigenvalue weighted by Crippen LogP contribution is 2.33. The zero-order valence-corrected chi connectivity index (χ0v) is 16.3. The first kappa shape index (κ1) is 21.0. The SMILES string of the molecule is Cc1ccc(OC(C)C(=O)NCCNc2ncccc2C(F)(F)F)c(Br)c1. The van der Waals surface area contributed by atoms with Crippen molar-refractivity contribution in [1.82, 2.24) is 10.3 Å². The smallest absolute Gasteiger partial charge is 0.419 e. The summed E-state index contributed by atoms with van der Waals surface area (Å²) < 4.78 is 45.0. The lowest BCUT2D eigenvalue weighted by Crippen LogP contribution is -2.38. The van der Waals surface area contributed by atoms with Crippen molar-refractivity contribution in [3.05, 3.63) is 52.1 Å². The summed E-state index contributed by atoms with van der Waals surface area (Å²) in [6.07, 6.45) is -3.99. The average Bonchev–Trinajstić information content (AvgIpc) is 2.60. The Balaban J connectivity index is 1.83. The van der Waals surface area contributed by atoms with Gasteiger partial charge in [-0.1, -0.05) is 6.07 Å². The molecule has 0 saturated carbocycles. The lowest BCUT2D eigenvalue weighted by Gasteiger charge is -2.17. The summed E-state index contributed by atoms with van der Waals surface area (Å²) in [4.78, 5) is 15.8. The monoisotopic (exact) mass is 445 g/mol. The van der Waals surface area contributed by atoms with Crippen molar-refractivity contribution < 1.29 is 22.7 Å². The average molecular weight is 446 g/mol. The van der Waals surface area contributed by atoms with Crippen molar-refractivity contribution in [2.24, 2.45) is 0 Å². The predicted molar refractivity (Wildman–Crippen MR) is 99.7 cm³/mol. The molecule has 0 radical (unpaired) electrons. The highest BCUT2D eigenvalue weighted by Gasteiger charge is 2.33. The van der Waals surface area contributed by atoms with Gasteiger partial charge in [-0.2, -0.15) is 13.2 Å². The largest absolute Gasteiger partial charge is 0.480 e. The van der Waals surface area contributed by atoms with Crippen LogP contribution in [0.1, 0.15) is 18.1 Å². The van der Waals surface area contributed by atoms with Gasteiger partial charge in [-0.3, -0.25) is 4.79 Å². The summed E-state index contributed by atoms with van der Waals surface area (Å²) in [5.41, 5.74) is 0.197. The van der Waals surface area contributed by atoms with Gasteiger partial charge >= 0.3 is 6.18 Å². The van der Waals surface area contributed by atoms with Gasteiger partial charge in [0, 0.05) is 19.3 Å². The van der Waals surface area contributed by atoms with Gasteiger partial charge in [-0.25, -0.2) is 4.98 Å². The molecule has 0 aliphatic carbocycles. The Kier molecular flexibility index (Phi) is 7.06. The molecule has 1 atom stereocenters. The van der Waals surface area contributed by atoms with Crippen LogP contribution in [0.25, 0.3) is 0 Å². The van der Waals surface area contributed by atoms with Crippen molar-refractivity contribution in [3.63, 3.8) is 0 Å². The lowest BCUT2D eigenvalue weighted by molar-refractivity contribution is -0.137. The van der Waals surface area contributed by atoms with Gasteiger partial charge in [0.2, 0.25) is 0 Å². The number of pyridine rings is 1. The molecule has 0 aliphatic rings. The Labute approximate surface area is 163 Å². The van der Waals surface area contributed by atoms with Crippen LogP contribution >= 0.6 is 15.9 Å². The lowest BCUT2D eigenvalue weighted by atomic mass is 10.2. The Morgan fingerprint density at radius 3 is 2.70 bits per heavy atom. The Hall–Kier alpha value is -2.29. The normalized spacial score (nSPS) is 12.4. The number of nitrogens with one attached hydrogen (secondary N) is 2. The third-order valence-electron chi connectivity index (χ3n) is 3.59. The highest BCUT2D eigenvalue weighted by atomic mass is 79.9. The second-order valence-corrected chi connectivity index (χ2v) is 6.66. The van der Waals surface area contributed by atoms with Crippen LogP contribution in [0.5, 0.6) is 5.75 Å². The van der Waals surface area contributed by atoms with Crippen LogP contribution in [0.15, 0.2) is 41.0 Å². The van der Waals surface area contributed by atoms with E-state index in [1.807, 2.05) is 19.1 Å². The number of rotatable bonds is 7. The molecule has 1 amide bonds. The number of alkyl halides is 3. The van der Waals surface area contributed by atoms with Crippen LogP contribution in [0.4, 0.5) is 19.0 Å². The molecule has 2 N–H and O–H groups in total. The van der Waals surface area contributed by atoms with Crippen LogP contribution < -0.4 is 15.4 Å². The van der Waals surface area contributed by atoms with E-state index in [2.05, 4.69) is 31.5 Å². The van der Waals surface area contributed by atoms with Crippen molar-refractivity contribution in [3.8, 4) is 5.75 Å². The maximum absolute atomic E-state index is 12.9. The molecule has 27 heavy (non-hydrogen) atoms. The summed E-state index contributed by atoms with van der Waals surface area (Å²) in [5.74, 6) is -0.113. The van der Waals surface area contributed by atoms with Crippen LogP contribution in [0.2, 0.25) is 0 Å². The molecule has 1 unspecified atom stereocenters. The number of aromatic nitrogens is 1. The van der Waals surface area contributed by atoms with Crippen LogP contribution in [0.3, 0.4) is 0 Å². The molecule has 0 fully saturated rings. The van der Waals surface area contributed by atoms with E-state index in [9.17, 15) is 18.0 Å². The van der Waals surface area contributed by atoms with E-state index < -0.39 is 17.8 Å². The molecule has 1 aromatic carbocycles. The number of carbonyl (C=O) groups is 1. The molecule has 146 valence electrons. The number of hydrogen-bond donors (Lipinski definition) is 2. The van der Waals surface area contributed by atoms with Gasteiger partial charge < -0.3 is 15.4 Å². The van der Waals surface area contributed by atoms with Gasteiger partial charge in [0.15, 0.2) is 6.10 Å².